The zero-order valence-corrected chi connectivity index (χ0v) is 11.8. The van der Waals surface area contributed by atoms with E-state index < -0.39 is 0 Å². The van der Waals surface area contributed by atoms with Crippen LogP contribution in [0.3, 0.4) is 0 Å². The van der Waals surface area contributed by atoms with Gasteiger partial charge in [-0.1, -0.05) is 11.3 Å². The molecule has 1 aromatic heterocycles. The fourth-order valence-corrected chi connectivity index (χ4v) is 3.11. The summed E-state index contributed by atoms with van der Waals surface area (Å²) in [5.74, 6) is 0.475. The van der Waals surface area contributed by atoms with Gasteiger partial charge in [-0.05, 0) is 12.5 Å². The number of nitrogens with two attached hydrogens (primary N) is 1. The largest absolute Gasteiger partial charge is 0.494 e. The van der Waals surface area contributed by atoms with Crippen molar-refractivity contribution in [3.8, 4) is 5.75 Å². The van der Waals surface area contributed by atoms with Gasteiger partial charge in [-0.2, -0.15) is 0 Å². The number of methoxy groups -OCH3 is 1. The molecule has 1 amide bonds. The molecule has 20 heavy (non-hydrogen) atoms. The van der Waals surface area contributed by atoms with Crippen molar-refractivity contribution in [3.05, 3.63) is 12.1 Å². The summed E-state index contributed by atoms with van der Waals surface area (Å²) in [6.07, 6.45) is 0.757. The summed E-state index contributed by atoms with van der Waals surface area (Å²) in [5, 5.41) is 3.39. The average molecular weight is 293 g/mol. The molecule has 0 radical (unpaired) electrons. The van der Waals surface area contributed by atoms with E-state index in [1.54, 1.807) is 13.2 Å². The molecule has 1 aliphatic heterocycles. The second-order valence-corrected chi connectivity index (χ2v) is 5.67. The maximum atomic E-state index is 12.0. The molecule has 0 saturated carbocycles. The molecular formula is C13H15N3O3S. The van der Waals surface area contributed by atoms with Crippen molar-refractivity contribution in [2.45, 2.75) is 6.42 Å². The fourth-order valence-electron chi connectivity index (χ4n) is 2.18. The second-order valence-electron chi connectivity index (χ2n) is 4.64. The summed E-state index contributed by atoms with van der Waals surface area (Å²) in [6.45, 7) is 1.12. The molecule has 1 aliphatic rings. The van der Waals surface area contributed by atoms with Crippen molar-refractivity contribution in [1.82, 2.24) is 4.98 Å². The van der Waals surface area contributed by atoms with Crippen LogP contribution in [0.4, 0.5) is 10.8 Å². The molecule has 6 nitrogen and oxygen atoms in total. The topological polar surface area (TPSA) is 86.5 Å². The molecule has 1 fully saturated rings. The van der Waals surface area contributed by atoms with Crippen LogP contribution in [0.2, 0.25) is 0 Å². The molecule has 3 rings (SSSR count). The number of fused-ring (bicyclic) bond motifs is 1. The minimum absolute atomic E-state index is 0.0477. The number of benzene rings is 1. The zero-order valence-electron chi connectivity index (χ0n) is 11.0. The fraction of sp³-hybridized carbons (Fsp3) is 0.385. The summed E-state index contributed by atoms with van der Waals surface area (Å²) < 4.78 is 11.4. The van der Waals surface area contributed by atoms with Crippen LogP contribution < -0.4 is 15.8 Å². The van der Waals surface area contributed by atoms with E-state index in [0.717, 1.165) is 11.1 Å². The maximum Gasteiger partial charge on any atom is 0.231 e. The van der Waals surface area contributed by atoms with Crippen LogP contribution in [-0.2, 0) is 9.53 Å². The van der Waals surface area contributed by atoms with E-state index in [9.17, 15) is 4.79 Å². The van der Waals surface area contributed by atoms with Crippen LogP contribution in [-0.4, -0.2) is 31.2 Å². The first kappa shape index (κ1) is 13.1. The van der Waals surface area contributed by atoms with Gasteiger partial charge < -0.3 is 20.5 Å². The highest BCUT2D eigenvalue weighted by molar-refractivity contribution is 7.22. The molecular weight excluding hydrogens is 278 g/mol. The molecule has 0 spiro atoms. The van der Waals surface area contributed by atoms with E-state index in [4.69, 9.17) is 15.2 Å². The molecule has 106 valence electrons. The monoisotopic (exact) mass is 293 g/mol. The Morgan fingerprint density at radius 2 is 2.45 bits per heavy atom. The lowest BCUT2D eigenvalue weighted by molar-refractivity contribution is -0.119. The highest BCUT2D eigenvalue weighted by Gasteiger charge is 2.24. The number of carbonyl (C=O) groups is 1. The Hall–Kier alpha value is -1.86. The van der Waals surface area contributed by atoms with E-state index in [0.29, 0.717) is 35.3 Å². The molecule has 7 heteroatoms. The van der Waals surface area contributed by atoms with E-state index in [1.165, 1.54) is 11.3 Å². The van der Waals surface area contributed by atoms with Gasteiger partial charge in [0, 0.05) is 18.4 Å². The van der Waals surface area contributed by atoms with Crippen molar-refractivity contribution >= 4 is 38.3 Å². The number of anilines is 2. The maximum absolute atomic E-state index is 12.0. The number of rotatable bonds is 3. The number of nitrogens with one attached hydrogen (secondary N) is 1. The quantitative estimate of drug-likeness (QED) is 0.844. The zero-order chi connectivity index (χ0) is 14.1. The highest BCUT2D eigenvalue weighted by Crippen LogP contribution is 2.34. The number of nitrogen functional groups attached to an aromatic ring is 1. The van der Waals surface area contributed by atoms with Gasteiger partial charge in [0.05, 0.1) is 24.3 Å². The molecule has 1 saturated heterocycles. The Morgan fingerprint density at radius 1 is 1.60 bits per heavy atom. The molecule has 1 unspecified atom stereocenters. The Morgan fingerprint density at radius 3 is 3.15 bits per heavy atom. The Balaban J connectivity index is 1.87. The van der Waals surface area contributed by atoms with Crippen molar-refractivity contribution in [3.63, 3.8) is 0 Å². The number of amides is 1. The molecule has 3 N–H and O–H groups in total. The van der Waals surface area contributed by atoms with Crippen LogP contribution in [0.5, 0.6) is 5.75 Å². The normalized spacial score (nSPS) is 18.4. The lowest BCUT2D eigenvalue weighted by Crippen LogP contribution is -2.22. The third-order valence-corrected chi connectivity index (χ3v) is 4.15. The molecule has 0 bridgehead atoms. The summed E-state index contributed by atoms with van der Waals surface area (Å²) in [7, 11) is 1.57. The average Bonchev–Trinajstić information content (AvgIpc) is 3.05. The minimum Gasteiger partial charge on any atom is -0.494 e. The van der Waals surface area contributed by atoms with Crippen LogP contribution in [0.25, 0.3) is 10.2 Å². The standard InChI is InChI=1S/C13H15N3O3S/c1-18-9-4-8(14)5-10-11(9)15-13(20-10)16-12(17)7-2-3-19-6-7/h4-5,7H,2-3,6,14H2,1H3,(H,15,16,17). The Kier molecular flexibility index (Phi) is 3.45. The van der Waals surface area contributed by atoms with Crippen molar-refractivity contribution in [2.24, 2.45) is 5.92 Å². The van der Waals surface area contributed by atoms with Gasteiger partial charge in [0.25, 0.3) is 0 Å². The van der Waals surface area contributed by atoms with Gasteiger partial charge in [0.2, 0.25) is 5.91 Å². The predicted octanol–water partition coefficient (Wildman–Crippen LogP) is 1.86. The SMILES string of the molecule is COc1cc(N)cc2sc(NC(=O)C3CCOC3)nc12. The molecule has 2 heterocycles. The molecule has 0 aliphatic carbocycles. The summed E-state index contributed by atoms with van der Waals surface area (Å²) in [6, 6.07) is 3.54. The third kappa shape index (κ3) is 2.41. The van der Waals surface area contributed by atoms with Crippen molar-refractivity contribution < 1.29 is 14.3 Å². The van der Waals surface area contributed by atoms with Gasteiger partial charge in [-0.15, -0.1) is 0 Å². The number of thiazole rings is 1. The summed E-state index contributed by atoms with van der Waals surface area (Å²) in [5.41, 5.74) is 7.13. The summed E-state index contributed by atoms with van der Waals surface area (Å²) >= 11 is 1.38. The molecule has 2 aromatic rings. The van der Waals surface area contributed by atoms with Gasteiger partial charge >= 0.3 is 0 Å². The Bertz CT molecular complexity index is 650. The number of carbonyl (C=O) groups excluding carboxylic acids is 1. The lowest BCUT2D eigenvalue weighted by Gasteiger charge is -2.05. The van der Waals surface area contributed by atoms with Crippen LogP contribution in [0.15, 0.2) is 12.1 Å². The molecule has 1 aromatic carbocycles. The van der Waals surface area contributed by atoms with Crippen LogP contribution >= 0.6 is 11.3 Å². The van der Waals surface area contributed by atoms with Gasteiger partial charge in [-0.25, -0.2) is 4.98 Å². The number of hydrogen-bond donors (Lipinski definition) is 2. The minimum atomic E-state index is -0.0889. The van der Waals surface area contributed by atoms with E-state index >= 15 is 0 Å². The first-order valence-electron chi connectivity index (χ1n) is 6.30. The highest BCUT2D eigenvalue weighted by atomic mass is 32.1. The number of aromatic nitrogens is 1. The lowest BCUT2D eigenvalue weighted by atomic mass is 10.1. The first-order valence-corrected chi connectivity index (χ1v) is 7.11. The van der Waals surface area contributed by atoms with E-state index in [2.05, 4.69) is 10.3 Å². The number of hydrogen-bond acceptors (Lipinski definition) is 6. The summed E-state index contributed by atoms with van der Waals surface area (Å²) in [4.78, 5) is 16.4. The van der Waals surface area contributed by atoms with Crippen LogP contribution in [0.1, 0.15) is 6.42 Å². The predicted molar refractivity (Wildman–Crippen MR) is 78.1 cm³/mol. The van der Waals surface area contributed by atoms with Crippen LogP contribution in [0, 0.1) is 5.92 Å². The van der Waals surface area contributed by atoms with E-state index in [-0.39, 0.29) is 11.8 Å². The number of nitrogens with zero attached hydrogens (tertiary/aromatic N) is 1. The first-order chi connectivity index (χ1) is 9.67. The van der Waals surface area contributed by atoms with E-state index in [1.807, 2.05) is 6.07 Å². The smallest absolute Gasteiger partial charge is 0.231 e. The second kappa shape index (κ2) is 5.26. The molecule has 1 atom stereocenters. The van der Waals surface area contributed by atoms with Gasteiger partial charge in [0.15, 0.2) is 5.13 Å². The number of ether oxygens (including phenoxy) is 2. The van der Waals surface area contributed by atoms with Gasteiger partial charge in [-0.3, -0.25) is 4.79 Å². The van der Waals surface area contributed by atoms with Crippen molar-refractivity contribution in [1.29, 1.82) is 0 Å². The van der Waals surface area contributed by atoms with Crippen molar-refractivity contribution in [2.75, 3.05) is 31.4 Å². The Labute approximate surface area is 119 Å². The van der Waals surface area contributed by atoms with Gasteiger partial charge in [0.1, 0.15) is 11.3 Å². The third-order valence-electron chi connectivity index (χ3n) is 3.23.